The Morgan fingerprint density at radius 2 is 1.73 bits per heavy atom. The third kappa shape index (κ3) is 5.05. The molecule has 1 unspecified atom stereocenters. The number of methoxy groups -OCH3 is 2. The number of hydrogen-bond acceptors (Lipinski definition) is 5. The molecule has 0 heterocycles. The standard InChI is InChI=1S/C22H25BrN2O5/c1-28-17-10-15(11-18(29-2)21(17)30-12-19(24)26)22(27)25-20(13-4-3-5-13)14-6-8-16(23)9-7-14/h6-11,13,20H,3-5,12H2,1-2H3,(H2,24,26)(H,25,27). The zero-order chi connectivity index (χ0) is 21.7. The molecule has 0 bridgehead atoms. The Morgan fingerprint density at radius 1 is 1.13 bits per heavy atom. The average Bonchev–Trinajstić information content (AvgIpc) is 2.70. The summed E-state index contributed by atoms with van der Waals surface area (Å²) in [5.41, 5.74) is 6.59. The Labute approximate surface area is 184 Å². The van der Waals surface area contributed by atoms with Gasteiger partial charge < -0.3 is 25.3 Å². The minimum absolute atomic E-state index is 0.0814. The summed E-state index contributed by atoms with van der Waals surface area (Å²) in [7, 11) is 2.90. The third-order valence-electron chi connectivity index (χ3n) is 5.22. The van der Waals surface area contributed by atoms with E-state index in [9.17, 15) is 9.59 Å². The number of rotatable bonds is 9. The van der Waals surface area contributed by atoms with Crippen LogP contribution in [0.3, 0.4) is 0 Å². The van der Waals surface area contributed by atoms with Crippen LogP contribution >= 0.6 is 15.9 Å². The normalized spacial score (nSPS) is 14.4. The van der Waals surface area contributed by atoms with Crippen LogP contribution in [0.2, 0.25) is 0 Å². The minimum Gasteiger partial charge on any atom is -0.493 e. The Morgan fingerprint density at radius 3 is 2.20 bits per heavy atom. The fourth-order valence-electron chi connectivity index (χ4n) is 3.44. The molecule has 1 fully saturated rings. The van der Waals surface area contributed by atoms with Crippen molar-refractivity contribution in [3.63, 3.8) is 0 Å². The summed E-state index contributed by atoms with van der Waals surface area (Å²) in [4.78, 5) is 24.2. The molecular formula is C22H25BrN2O5. The summed E-state index contributed by atoms with van der Waals surface area (Å²) in [6.07, 6.45) is 3.32. The number of carbonyl (C=O) groups excluding carboxylic acids is 2. The van der Waals surface area contributed by atoms with E-state index in [0.717, 1.165) is 22.9 Å². The van der Waals surface area contributed by atoms with E-state index < -0.39 is 5.91 Å². The number of nitrogens with two attached hydrogens (primary N) is 1. The van der Waals surface area contributed by atoms with Crippen molar-refractivity contribution in [2.24, 2.45) is 11.7 Å². The fourth-order valence-corrected chi connectivity index (χ4v) is 3.70. The summed E-state index contributed by atoms with van der Waals surface area (Å²) in [6.45, 7) is -0.328. The predicted octanol–water partition coefficient (Wildman–Crippen LogP) is 3.60. The number of benzene rings is 2. The Hall–Kier alpha value is -2.74. The van der Waals surface area contributed by atoms with E-state index in [0.29, 0.717) is 11.5 Å². The number of carbonyl (C=O) groups is 2. The van der Waals surface area contributed by atoms with E-state index in [1.54, 1.807) is 12.1 Å². The number of ether oxygens (including phenoxy) is 3. The predicted molar refractivity (Wildman–Crippen MR) is 116 cm³/mol. The first kappa shape index (κ1) is 22.0. The van der Waals surface area contributed by atoms with Crippen molar-refractivity contribution in [3.8, 4) is 17.2 Å². The topological polar surface area (TPSA) is 99.9 Å². The summed E-state index contributed by atoms with van der Waals surface area (Å²) in [5, 5.41) is 3.16. The quantitative estimate of drug-likeness (QED) is 0.575. The van der Waals surface area contributed by atoms with E-state index in [1.807, 2.05) is 24.3 Å². The van der Waals surface area contributed by atoms with Crippen molar-refractivity contribution < 1.29 is 23.8 Å². The van der Waals surface area contributed by atoms with Crippen LogP contribution in [0.5, 0.6) is 17.2 Å². The van der Waals surface area contributed by atoms with E-state index in [1.165, 1.54) is 20.6 Å². The Balaban J connectivity index is 1.87. The van der Waals surface area contributed by atoms with E-state index in [2.05, 4.69) is 21.2 Å². The molecule has 1 aliphatic rings. The number of halogens is 1. The lowest BCUT2D eigenvalue weighted by atomic mass is 9.77. The van der Waals surface area contributed by atoms with Gasteiger partial charge in [-0.2, -0.15) is 0 Å². The van der Waals surface area contributed by atoms with Crippen LogP contribution in [0, 0.1) is 5.92 Å². The molecule has 2 aromatic rings. The molecule has 3 rings (SSSR count). The van der Waals surface area contributed by atoms with Crippen LogP contribution in [0.4, 0.5) is 0 Å². The minimum atomic E-state index is -0.626. The highest BCUT2D eigenvalue weighted by Gasteiger charge is 2.30. The maximum Gasteiger partial charge on any atom is 0.255 e. The maximum absolute atomic E-state index is 13.1. The van der Waals surface area contributed by atoms with E-state index in [4.69, 9.17) is 19.9 Å². The van der Waals surface area contributed by atoms with Crippen molar-refractivity contribution in [3.05, 3.63) is 52.0 Å². The molecule has 2 amide bonds. The second-order valence-electron chi connectivity index (χ2n) is 7.16. The van der Waals surface area contributed by atoms with Crippen molar-refractivity contribution in [2.45, 2.75) is 25.3 Å². The SMILES string of the molecule is COc1cc(C(=O)NC(c2ccc(Br)cc2)C2CCC2)cc(OC)c1OCC(N)=O. The van der Waals surface area contributed by atoms with Crippen molar-refractivity contribution in [2.75, 3.05) is 20.8 Å². The summed E-state index contributed by atoms with van der Waals surface area (Å²) >= 11 is 3.45. The van der Waals surface area contributed by atoms with Crippen LogP contribution in [0.15, 0.2) is 40.9 Å². The van der Waals surface area contributed by atoms with Crippen molar-refractivity contribution >= 4 is 27.7 Å². The van der Waals surface area contributed by atoms with Crippen LogP contribution in [-0.2, 0) is 4.79 Å². The zero-order valence-electron chi connectivity index (χ0n) is 16.9. The van der Waals surface area contributed by atoms with Gasteiger partial charge in [0.1, 0.15) is 0 Å². The van der Waals surface area contributed by atoms with Gasteiger partial charge in [-0.3, -0.25) is 9.59 Å². The molecule has 2 aromatic carbocycles. The number of hydrogen-bond donors (Lipinski definition) is 2. The van der Waals surface area contributed by atoms with Crippen molar-refractivity contribution in [1.29, 1.82) is 0 Å². The van der Waals surface area contributed by atoms with Gasteiger partial charge in [-0.25, -0.2) is 0 Å². The average molecular weight is 477 g/mol. The molecule has 7 nitrogen and oxygen atoms in total. The molecule has 0 aliphatic heterocycles. The lowest BCUT2D eigenvalue weighted by Gasteiger charge is -2.34. The Kier molecular flexibility index (Phi) is 7.20. The van der Waals surface area contributed by atoms with E-state index >= 15 is 0 Å². The van der Waals surface area contributed by atoms with Gasteiger partial charge >= 0.3 is 0 Å². The van der Waals surface area contributed by atoms with E-state index in [-0.39, 0.29) is 35.8 Å². The lowest BCUT2D eigenvalue weighted by molar-refractivity contribution is -0.120. The second-order valence-corrected chi connectivity index (χ2v) is 8.07. The smallest absolute Gasteiger partial charge is 0.255 e. The molecule has 1 saturated carbocycles. The molecule has 0 spiro atoms. The van der Waals surface area contributed by atoms with Gasteiger partial charge in [0.05, 0.1) is 20.3 Å². The van der Waals surface area contributed by atoms with Gasteiger partial charge in [0.2, 0.25) is 5.75 Å². The van der Waals surface area contributed by atoms with Crippen LogP contribution in [0.25, 0.3) is 0 Å². The molecule has 0 aromatic heterocycles. The molecule has 160 valence electrons. The van der Waals surface area contributed by atoms with Crippen molar-refractivity contribution in [1.82, 2.24) is 5.32 Å². The highest BCUT2D eigenvalue weighted by molar-refractivity contribution is 9.10. The Bertz CT molecular complexity index is 887. The van der Waals surface area contributed by atoms with Crippen LogP contribution < -0.4 is 25.3 Å². The van der Waals surface area contributed by atoms with Gasteiger partial charge in [0.15, 0.2) is 18.1 Å². The largest absolute Gasteiger partial charge is 0.493 e. The second kappa shape index (κ2) is 9.84. The van der Waals surface area contributed by atoms with Crippen LogP contribution in [-0.4, -0.2) is 32.6 Å². The molecule has 8 heteroatoms. The first-order valence-electron chi connectivity index (χ1n) is 9.66. The van der Waals surface area contributed by atoms with Gasteiger partial charge in [-0.1, -0.05) is 34.5 Å². The molecule has 3 N–H and O–H groups in total. The molecule has 30 heavy (non-hydrogen) atoms. The maximum atomic E-state index is 13.1. The first-order chi connectivity index (χ1) is 14.4. The highest BCUT2D eigenvalue weighted by atomic mass is 79.9. The van der Waals surface area contributed by atoms with Gasteiger partial charge in [-0.05, 0) is 48.6 Å². The third-order valence-corrected chi connectivity index (χ3v) is 5.75. The number of primary amides is 1. The van der Waals surface area contributed by atoms with Gasteiger partial charge in [-0.15, -0.1) is 0 Å². The fraction of sp³-hybridized carbons (Fsp3) is 0.364. The highest BCUT2D eigenvalue weighted by Crippen LogP contribution is 2.40. The molecule has 1 aliphatic carbocycles. The number of amides is 2. The van der Waals surface area contributed by atoms with Gasteiger partial charge in [0, 0.05) is 10.0 Å². The monoisotopic (exact) mass is 476 g/mol. The number of nitrogens with one attached hydrogen (secondary N) is 1. The zero-order valence-corrected chi connectivity index (χ0v) is 18.5. The van der Waals surface area contributed by atoms with Gasteiger partial charge in [0.25, 0.3) is 11.8 Å². The first-order valence-corrected chi connectivity index (χ1v) is 10.5. The summed E-state index contributed by atoms with van der Waals surface area (Å²) < 4.78 is 17.1. The molecular weight excluding hydrogens is 452 g/mol. The molecule has 0 saturated heterocycles. The van der Waals surface area contributed by atoms with Crippen LogP contribution in [0.1, 0.15) is 41.2 Å². The molecule has 1 atom stereocenters. The lowest BCUT2D eigenvalue weighted by Crippen LogP contribution is -2.36. The summed E-state index contributed by atoms with van der Waals surface area (Å²) in [5.74, 6) is 0.316. The molecule has 0 radical (unpaired) electrons. The summed E-state index contributed by atoms with van der Waals surface area (Å²) in [6, 6.07) is 11.0.